The van der Waals surface area contributed by atoms with Crippen molar-refractivity contribution in [1.29, 1.82) is 5.26 Å². The van der Waals surface area contributed by atoms with Crippen molar-refractivity contribution in [1.82, 2.24) is 9.69 Å². The highest BCUT2D eigenvalue weighted by molar-refractivity contribution is 7.11. The van der Waals surface area contributed by atoms with Crippen molar-refractivity contribution in [3.8, 4) is 6.07 Å². The van der Waals surface area contributed by atoms with E-state index in [1.165, 1.54) is 7.05 Å². The van der Waals surface area contributed by atoms with Crippen LogP contribution in [0.3, 0.4) is 0 Å². The molecule has 6 nitrogen and oxygen atoms in total. The fraction of sp³-hybridized carbons (Fsp3) is 0.267. The van der Waals surface area contributed by atoms with Crippen molar-refractivity contribution < 1.29 is 4.79 Å². The predicted molar refractivity (Wildman–Crippen MR) is 88.1 cm³/mol. The molecule has 1 aromatic heterocycles. The molecular weight excluding hydrogens is 298 g/mol. The average molecular weight is 315 g/mol. The van der Waals surface area contributed by atoms with E-state index in [9.17, 15) is 10.1 Å². The van der Waals surface area contributed by atoms with E-state index in [0.717, 1.165) is 17.1 Å². The number of anilines is 2. The summed E-state index contributed by atoms with van der Waals surface area (Å²) >= 11 is 1.11. The highest BCUT2D eigenvalue weighted by Gasteiger charge is 2.19. The molecule has 0 aliphatic carbocycles. The minimum atomic E-state index is -0.363. The molecule has 22 heavy (non-hydrogen) atoms. The molecule has 2 rings (SSSR count). The van der Waals surface area contributed by atoms with E-state index in [0.29, 0.717) is 29.5 Å². The third kappa shape index (κ3) is 3.54. The Morgan fingerprint density at radius 1 is 1.41 bits per heavy atom. The van der Waals surface area contributed by atoms with Crippen molar-refractivity contribution in [2.45, 2.75) is 13.5 Å². The fourth-order valence-electron chi connectivity index (χ4n) is 1.99. The van der Waals surface area contributed by atoms with Crippen molar-refractivity contribution >= 4 is 28.4 Å². The van der Waals surface area contributed by atoms with Crippen LogP contribution < -0.4 is 15.5 Å². The molecule has 0 spiro atoms. The maximum absolute atomic E-state index is 11.4. The number of carbonyl (C=O) groups is 1. The van der Waals surface area contributed by atoms with Gasteiger partial charge in [-0.15, -0.1) is 0 Å². The standard InChI is InChI=1S/C15H17N5OS/c1-3-20(10-11-7-5-4-6-8-11)13-12(9-16)14(22-19-13)18-15(21)17-2/h4-8H,3,10H2,1-2H3,(H2,17,18,21). The quantitative estimate of drug-likeness (QED) is 0.889. The summed E-state index contributed by atoms with van der Waals surface area (Å²) in [7, 11) is 1.52. The molecule has 0 saturated heterocycles. The number of amides is 2. The lowest BCUT2D eigenvalue weighted by Crippen LogP contribution is -2.25. The smallest absolute Gasteiger partial charge is 0.319 e. The zero-order valence-corrected chi connectivity index (χ0v) is 13.3. The van der Waals surface area contributed by atoms with Gasteiger partial charge in [0.05, 0.1) is 0 Å². The predicted octanol–water partition coefficient (Wildman–Crippen LogP) is 2.79. The zero-order chi connectivity index (χ0) is 15.9. The first kappa shape index (κ1) is 15.8. The summed E-state index contributed by atoms with van der Waals surface area (Å²) in [4.78, 5) is 13.4. The normalized spacial score (nSPS) is 9.86. The molecule has 0 aliphatic rings. The van der Waals surface area contributed by atoms with Gasteiger partial charge in [0.15, 0.2) is 5.82 Å². The lowest BCUT2D eigenvalue weighted by Gasteiger charge is -2.20. The van der Waals surface area contributed by atoms with Crippen LogP contribution >= 0.6 is 11.5 Å². The number of aromatic nitrogens is 1. The van der Waals surface area contributed by atoms with E-state index in [1.54, 1.807) is 0 Å². The molecular formula is C15H17N5OS. The number of rotatable bonds is 5. The lowest BCUT2D eigenvalue weighted by molar-refractivity contribution is 0.254. The molecule has 0 fully saturated rings. The van der Waals surface area contributed by atoms with Crippen LogP contribution in [-0.2, 0) is 6.54 Å². The molecule has 2 amide bonds. The first-order valence-corrected chi connectivity index (χ1v) is 7.64. The molecule has 0 saturated carbocycles. The molecule has 114 valence electrons. The molecule has 1 aromatic carbocycles. The number of hydrogen-bond acceptors (Lipinski definition) is 5. The van der Waals surface area contributed by atoms with Crippen LogP contribution in [0.5, 0.6) is 0 Å². The second-order valence-electron chi connectivity index (χ2n) is 4.53. The van der Waals surface area contributed by atoms with E-state index in [1.807, 2.05) is 42.2 Å². The van der Waals surface area contributed by atoms with Gasteiger partial charge in [-0.1, -0.05) is 30.3 Å². The average Bonchev–Trinajstić information content (AvgIpc) is 2.95. The number of nitrogens with one attached hydrogen (secondary N) is 2. The van der Waals surface area contributed by atoms with Gasteiger partial charge < -0.3 is 10.2 Å². The monoisotopic (exact) mass is 315 g/mol. The van der Waals surface area contributed by atoms with Crippen molar-refractivity contribution in [2.75, 3.05) is 23.8 Å². The minimum absolute atomic E-state index is 0.363. The fourth-order valence-corrected chi connectivity index (χ4v) is 2.74. The van der Waals surface area contributed by atoms with E-state index in [4.69, 9.17) is 0 Å². The summed E-state index contributed by atoms with van der Waals surface area (Å²) in [6.45, 7) is 3.39. The number of urea groups is 1. The van der Waals surface area contributed by atoms with Crippen LogP contribution in [0, 0.1) is 11.3 Å². The Morgan fingerprint density at radius 2 is 2.14 bits per heavy atom. The van der Waals surface area contributed by atoms with Crippen LogP contribution in [-0.4, -0.2) is 24.0 Å². The maximum atomic E-state index is 11.4. The molecule has 0 aliphatic heterocycles. The Labute approximate surface area is 133 Å². The van der Waals surface area contributed by atoms with Crippen LogP contribution in [0.1, 0.15) is 18.1 Å². The number of nitriles is 1. The lowest BCUT2D eigenvalue weighted by atomic mass is 10.2. The van der Waals surface area contributed by atoms with E-state index in [-0.39, 0.29) is 6.03 Å². The van der Waals surface area contributed by atoms with Gasteiger partial charge in [-0.3, -0.25) is 5.32 Å². The van der Waals surface area contributed by atoms with Gasteiger partial charge in [-0.25, -0.2) is 4.79 Å². The maximum Gasteiger partial charge on any atom is 0.319 e. The highest BCUT2D eigenvalue weighted by Crippen LogP contribution is 2.31. The number of nitrogens with zero attached hydrogens (tertiary/aromatic N) is 3. The Kier molecular flexibility index (Phi) is 5.33. The van der Waals surface area contributed by atoms with Crippen molar-refractivity contribution in [3.63, 3.8) is 0 Å². The molecule has 2 N–H and O–H groups in total. The van der Waals surface area contributed by atoms with Crippen molar-refractivity contribution in [3.05, 3.63) is 41.5 Å². The summed E-state index contributed by atoms with van der Waals surface area (Å²) in [6, 6.07) is 11.8. The summed E-state index contributed by atoms with van der Waals surface area (Å²) < 4.78 is 4.34. The van der Waals surface area contributed by atoms with Gasteiger partial charge >= 0.3 is 6.03 Å². The first-order chi connectivity index (χ1) is 10.7. The van der Waals surface area contributed by atoms with Crippen LogP contribution in [0.4, 0.5) is 15.6 Å². The third-order valence-corrected chi connectivity index (χ3v) is 3.89. The molecule has 7 heteroatoms. The summed E-state index contributed by atoms with van der Waals surface area (Å²) in [6.07, 6.45) is 0. The second kappa shape index (κ2) is 7.43. The summed E-state index contributed by atoms with van der Waals surface area (Å²) in [5.41, 5.74) is 1.54. The van der Waals surface area contributed by atoms with E-state index < -0.39 is 0 Å². The van der Waals surface area contributed by atoms with Gasteiger partial charge in [0.25, 0.3) is 0 Å². The minimum Gasteiger partial charge on any atom is -0.351 e. The Balaban J connectivity index is 2.26. The van der Waals surface area contributed by atoms with E-state index in [2.05, 4.69) is 21.1 Å². The SMILES string of the molecule is CCN(Cc1ccccc1)c1nsc(NC(=O)NC)c1C#N. The summed E-state index contributed by atoms with van der Waals surface area (Å²) in [5, 5.41) is 15.0. The van der Waals surface area contributed by atoms with Gasteiger partial charge in [-0.2, -0.15) is 9.64 Å². The molecule has 2 aromatic rings. The van der Waals surface area contributed by atoms with Crippen molar-refractivity contribution in [2.24, 2.45) is 0 Å². The molecule has 1 heterocycles. The van der Waals surface area contributed by atoms with E-state index >= 15 is 0 Å². The molecule has 0 bridgehead atoms. The Bertz CT molecular complexity index is 677. The van der Waals surface area contributed by atoms with Crippen LogP contribution in [0.15, 0.2) is 30.3 Å². The number of carbonyl (C=O) groups excluding carboxylic acids is 1. The second-order valence-corrected chi connectivity index (χ2v) is 5.30. The van der Waals surface area contributed by atoms with Gasteiger partial charge in [0.1, 0.15) is 16.6 Å². The third-order valence-electron chi connectivity index (χ3n) is 3.14. The number of benzene rings is 1. The van der Waals surface area contributed by atoms with Crippen LogP contribution in [0.2, 0.25) is 0 Å². The molecule has 0 radical (unpaired) electrons. The van der Waals surface area contributed by atoms with Gasteiger partial charge in [0, 0.05) is 20.1 Å². The first-order valence-electron chi connectivity index (χ1n) is 6.87. The van der Waals surface area contributed by atoms with Crippen LogP contribution in [0.25, 0.3) is 0 Å². The Hall–Kier alpha value is -2.59. The zero-order valence-electron chi connectivity index (χ0n) is 12.5. The highest BCUT2D eigenvalue weighted by atomic mass is 32.1. The topological polar surface area (TPSA) is 81.1 Å². The summed E-state index contributed by atoms with van der Waals surface area (Å²) in [5.74, 6) is 0.602. The van der Waals surface area contributed by atoms with Gasteiger partial charge in [0.2, 0.25) is 0 Å². The number of hydrogen-bond donors (Lipinski definition) is 2. The largest absolute Gasteiger partial charge is 0.351 e. The molecule has 0 unspecified atom stereocenters. The Morgan fingerprint density at radius 3 is 2.73 bits per heavy atom. The molecule has 0 atom stereocenters. The van der Waals surface area contributed by atoms with Gasteiger partial charge in [-0.05, 0) is 24.0 Å².